The monoisotopic (exact) mass is 365 g/mol. The van der Waals surface area contributed by atoms with Gasteiger partial charge >= 0.3 is 5.97 Å². The van der Waals surface area contributed by atoms with Crippen LogP contribution in [-0.2, 0) is 14.3 Å². The smallest absolute Gasteiger partial charge is 0.319 e. The van der Waals surface area contributed by atoms with Crippen LogP contribution in [0.15, 0.2) is 34.5 Å². The lowest BCUT2D eigenvalue weighted by atomic mass is 9.97. The van der Waals surface area contributed by atoms with Crippen molar-refractivity contribution in [2.75, 3.05) is 13.9 Å². The highest BCUT2D eigenvalue weighted by molar-refractivity contribution is 9.10. The molecule has 1 aromatic carbocycles. The first-order chi connectivity index (χ1) is 10.5. The van der Waals surface area contributed by atoms with Crippen molar-refractivity contribution >= 4 is 33.9 Å². The Labute approximate surface area is 134 Å². The predicted octanol–water partition coefficient (Wildman–Crippen LogP) is 1.99. The minimum Gasteiger partial charge on any atom is -0.468 e. The molecule has 114 valence electrons. The molecule has 2 aliphatic heterocycles. The molecule has 1 fully saturated rings. The number of carbonyl (C=O) groups excluding carboxylic acids is 2. The van der Waals surface area contributed by atoms with Gasteiger partial charge in [0.25, 0.3) is 5.91 Å². The highest BCUT2D eigenvalue weighted by Gasteiger charge is 2.38. The number of halogens is 1. The summed E-state index contributed by atoms with van der Waals surface area (Å²) in [6.07, 6.45) is 1.61. The van der Waals surface area contributed by atoms with Gasteiger partial charge in [0.2, 0.25) is 6.79 Å². The molecule has 22 heavy (non-hydrogen) atoms. The quantitative estimate of drug-likeness (QED) is 0.640. The van der Waals surface area contributed by atoms with E-state index in [-0.39, 0.29) is 18.3 Å². The number of carbonyl (C=O) groups is 2. The van der Waals surface area contributed by atoms with Crippen LogP contribution < -0.4 is 14.8 Å². The molecular weight excluding hydrogens is 354 g/mol. The molecule has 2 heterocycles. The van der Waals surface area contributed by atoms with E-state index in [2.05, 4.69) is 27.8 Å². The third kappa shape index (κ3) is 2.37. The Morgan fingerprint density at radius 1 is 1.45 bits per heavy atom. The van der Waals surface area contributed by atoms with Crippen molar-refractivity contribution in [2.24, 2.45) is 5.92 Å². The zero-order valence-corrected chi connectivity index (χ0v) is 13.2. The van der Waals surface area contributed by atoms with Crippen LogP contribution in [0.5, 0.6) is 11.5 Å². The van der Waals surface area contributed by atoms with Gasteiger partial charge in [-0.3, -0.25) is 9.59 Å². The standard InChI is InChI=1S/C15H12BrNO5/c1-7-13(15(19)20-2)9(14(18)17-7)3-8-4-11-12(5-10(8)16)22-6-21-11/h3-5,13H,1,6H2,2H3,(H,17,18)/b9-3+/t13-/m1/s1. The van der Waals surface area contributed by atoms with Crippen LogP contribution in [0.3, 0.4) is 0 Å². The number of hydrogen-bond donors (Lipinski definition) is 1. The highest BCUT2D eigenvalue weighted by Crippen LogP contribution is 2.39. The van der Waals surface area contributed by atoms with Crippen LogP contribution in [0.1, 0.15) is 5.56 Å². The Balaban J connectivity index is 2.05. The molecule has 0 radical (unpaired) electrons. The highest BCUT2D eigenvalue weighted by atomic mass is 79.9. The first-order valence-electron chi connectivity index (χ1n) is 6.40. The molecule has 6 nitrogen and oxygen atoms in total. The summed E-state index contributed by atoms with van der Waals surface area (Å²) in [6, 6.07) is 3.49. The molecule has 0 spiro atoms. The summed E-state index contributed by atoms with van der Waals surface area (Å²) < 4.78 is 16.1. The molecular formula is C15H12BrNO5. The van der Waals surface area contributed by atoms with Crippen LogP contribution in [0, 0.1) is 5.92 Å². The Morgan fingerprint density at radius 3 is 2.82 bits per heavy atom. The van der Waals surface area contributed by atoms with Gasteiger partial charge in [0, 0.05) is 15.7 Å². The van der Waals surface area contributed by atoms with Crippen molar-refractivity contribution in [1.82, 2.24) is 5.32 Å². The van der Waals surface area contributed by atoms with Crippen molar-refractivity contribution in [1.29, 1.82) is 0 Å². The average molecular weight is 366 g/mol. The zero-order valence-electron chi connectivity index (χ0n) is 11.6. The molecule has 1 saturated heterocycles. The van der Waals surface area contributed by atoms with Gasteiger partial charge in [-0.15, -0.1) is 0 Å². The van der Waals surface area contributed by atoms with Gasteiger partial charge in [-0.1, -0.05) is 22.5 Å². The second-order valence-corrected chi connectivity index (χ2v) is 5.62. The lowest BCUT2D eigenvalue weighted by Crippen LogP contribution is -2.17. The third-order valence-electron chi connectivity index (χ3n) is 3.44. The maximum absolute atomic E-state index is 12.0. The number of fused-ring (bicyclic) bond motifs is 1. The number of amides is 1. The number of benzene rings is 1. The van der Waals surface area contributed by atoms with Crippen LogP contribution in [0.25, 0.3) is 6.08 Å². The summed E-state index contributed by atoms with van der Waals surface area (Å²) in [5, 5.41) is 2.55. The normalized spacial score (nSPS) is 21.2. The van der Waals surface area contributed by atoms with Crippen molar-refractivity contribution < 1.29 is 23.8 Å². The molecule has 7 heteroatoms. The fourth-order valence-corrected chi connectivity index (χ4v) is 2.79. The molecule has 1 N–H and O–H groups in total. The second-order valence-electron chi connectivity index (χ2n) is 4.76. The summed E-state index contributed by atoms with van der Waals surface area (Å²) in [7, 11) is 1.27. The zero-order chi connectivity index (χ0) is 15.9. The Bertz CT molecular complexity index is 725. The maximum Gasteiger partial charge on any atom is 0.319 e. The molecule has 2 aliphatic rings. The molecule has 1 amide bonds. The number of methoxy groups -OCH3 is 1. The van der Waals surface area contributed by atoms with E-state index in [1.54, 1.807) is 18.2 Å². The Kier molecular flexibility index (Phi) is 3.66. The first-order valence-corrected chi connectivity index (χ1v) is 7.19. The van der Waals surface area contributed by atoms with E-state index in [1.807, 2.05) is 0 Å². The van der Waals surface area contributed by atoms with E-state index in [4.69, 9.17) is 14.2 Å². The molecule has 1 atom stereocenters. The van der Waals surface area contributed by atoms with E-state index in [0.29, 0.717) is 22.8 Å². The first kappa shape index (κ1) is 14.6. The molecule has 0 aromatic heterocycles. The summed E-state index contributed by atoms with van der Waals surface area (Å²) >= 11 is 3.42. The topological polar surface area (TPSA) is 73.9 Å². The fraction of sp³-hybridized carbons (Fsp3) is 0.200. The lowest BCUT2D eigenvalue weighted by molar-refractivity contribution is -0.142. The van der Waals surface area contributed by atoms with Crippen LogP contribution in [0.2, 0.25) is 0 Å². The molecule has 0 unspecified atom stereocenters. The summed E-state index contributed by atoms with van der Waals surface area (Å²) in [5.74, 6) is -0.521. The Morgan fingerprint density at radius 2 is 2.14 bits per heavy atom. The number of ether oxygens (including phenoxy) is 3. The van der Waals surface area contributed by atoms with Crippen molar-refractivity contribution in [3.63, 3.8) is 0 Å². The molecule has 1 aromatic rings. The predicted molar refractivity (Wildman–Crippen MR) is 81.0 cm³/mol. The lowest BCUT2D eigenvalue weighted by Gasteiger charge is -2.09. The van der Waals surface area contributed by atoms with Gasteiger partial charge < -0.3 is 19.5 Å². The molecule has 0 saturated carbocycles. The number of nitrogens with one attached hydrogen (secondary N) is 1. The minimum atomic E-state index is -0.824. The van der Waals surface area contributed by atoms with Crippen LogP contribution in [-0.4, -0.2) is 25.8 Å². The SMILES string of the molecule is C=C1NC(=O)/C(=C/c2cc3c(cc2Br)OCO3)[C@@H]1C(=O)OC. The van der Waals surface area contributed by atoms with Gasteiger partial charge in [-0.05, 0) is 23.8 Å². The summed E-state index contributed by atoms with van der Waals surface area (Å²) in [4.78, 5) is 23.9. The minimum absolute atomic E-state index is 0.157. The van der Waals surface area contributed by atoms with E-state index >= 15 is 0 Å². The van der Waals surface area contributed by atoms with Gasteiger partial charge in [0.1, 0.15) is 5.92 Å². The number of rotatable bonds is 2. The largest absolute Gasteiger partial charge is 0.468 e. The average Bonchev–Trinajstić information content (AvgIpc) is 3.03. The molecule has 3 rings (SSSR count). The third-order valence-corrected chi connectivity index (χ3v) is 4.12. The van der Waals surface area contributed by atoms with E-state index < -0.39 is 11.9 Å². The van der Waals surface area contributed by atoms with Crippen molar-refractivity contribution in [3.05, 3.63) is 40.0 Å². The summed E-state index contributed by atoms with van der Waals surface area (Å²) in [6.45, 7) is 3.85. The van der Waals surface area contributed by atoms with E-state index in [9.17, 15) is 9.59 Å². The van der Waals surface area contributed by atoms with E-state index in [0.717, 1.165) is 4.47 Å². The van der Waals surface area contributed by atoms with Gasteiger partial charge in [0.05, 0.1) is 7.11 Å². The number of esters is 1. The second kappa shape index (κ2) is 5.49. The maximum atomic E-state index is 12.0. The fourth-order valence-electron chi connectivity index (χ4n) is 2.36. The van der Waals surface area contributed by atoms with Crippen LogP contribution >= 0.6 is 15.9 Å². The Hall–Kier alpha value is -2.28. The molecule has 0 aliphatic carbocycles. The van der Waals surface area contributed by atoms with Crippen molar-refractivity contribution in [3.8, 4) is 11.5 Å². The van der Waals surface area contributed by atoms with Gasteiger partial charge in [0.15, 0.2) is 11.5 Å². The van der Waals surface area contributed by atoms with Gasteiger partial charge in [-0.2, -0.15) is 0 Å². The van der Waals surface area contributed by atoms with Gasteiger partial charge in [-0.25, -0.2) is 0 Å². The summed E-state index contributed by atoms with van der Waals surface area (Å²) in [5.41, 5.74) is 1.27. The number of hydrogen-bond acceptors (Lipinski definition) is 5. The van der Waals surface area contributed by atoms with Crippen LogP contribution in [0.4, 0.5) is 0 Å². The van der Waals surface area contributed by atoms with E-state index in [1.165, 1.54) is 7.11 Å². The molecule has 0 bridgehead atoms. The van der Waals surface area contributed by atoms with Crippen molar-refractivity contribution in [2.45, 2.75) is 0 Å².